The molecule has 1 fully saturated rings. The van der Waals surface area contributed by atoms with E-state index in [1.807, 2.05) is 0 Å². The van der Waals surface area contributed by atoms with Gasteiger partial charge in [-0.05, 0) is 6.92 Å². The molecule has 0 spiro atoms. The van der Waals surface area contributed by atoms with Crippen molar-refractivity contribution in [2.75, 3.05) is 19.8 Å². The van der Waals surface area contributed by atoms with Crippen LogP contribution in [0.3, 0.4) is 0 Å². The average Bonchev–Trinajstić information content (AvgIpc) is 2.06. The number of hydrogen-bond donors (Lipinski definition) is 1. The number of carboxylic acids is 1. The molecule has 0 aromatic carbocycles. The van der Waals surface area contributed by atoms with Crippen LogP contribution in [-0.4, -0.2) is 36.5 Å². The molecule has 1 N–H and O–H groups in total. The highest BCUT2D eigenvalue weighted by atomic mass is 16.5. The van der Waals surface area contributed by atoms with Crippen LogP contribution >= 0.6 is 0 Å². The molecule has 0 aromatic heterocycles. The van der Waals surface area contributed by atoms with Gasteiger partial charge in [0.15, 0.2) is 5.60 Å². The van der Waals surface area contributed by atoms with Crippen molar-refractivity contribution in [2.45, 2.75) is 25.4 Å². The molecule has 1 aliphatic rings. The van der Waals surface area contributed by atoms with Crippen molar-refractivity contribution in [2.24, 2.45) is 0 Å². The molecule has 1 heterocycles. The van der Waals surface area contributed by atoms with Crippen LogP contribution in [0.5, 0.6) is 0 Å². The van der Waals surface area contributed by atoms with Crippen LogP contribution in [0.1, 0.15) is 19.8 Å². The van der Waals surface area contributed by atoms with E-state index in [-0.39, 0.29) is 0 Å². The maximum Gasteiger partial charge on any atom is 0.336 e. The second kappa shape index (κ2) is 3.87. The Hall–Kier alpha value is -0.610. The van der Waals surface area contributed by atoms with Crippen molar-refractivity contribution in [3.63, 3.8) is 0 Å². The maximum atomic E-state index is 10.9. The minimum atomic E-state index is -0.979. The number of carboxylic acid groups (broad SMARTS) is 1. The van der Waals surface area contributed by atoms with Gasteiger partial charge in [-0.2, -0.15) is 0 Å². The van der Waals surface area contributed by atoms with Gasteiger partial charge in [-0.15, -0.1) is 0 Å². The summed E-state index contributed by atoms with van der Waals surface area (Å²) in [5.74, 6) is -0.868. The molecular weight excluding hydrogens is 160 g/mol. The number of carbonyl (C=O) groups is 1. The van der Waals surface area contributed by atoms with Gasteiger partial charge in [0.25, 0.3) is 0 Å². The van der Waals surface area contributed by atoms with Crippen LogP contribution in [0.4, 0.5) is 0 Å². The molecule has 0 bridgehead atoms. The van der Waals surface area contributed by atoms with Crippen molar-refractivity contribution >= 4 is 5.97 Å². The fourth-order valence-electron chi connectivity index (χ4n) is 1.40. The molecule has 12 heavy (non-hydrogen) atoms. The Morgan fingerprint density at radius 2 is 2.17 bits per heavy atom. The second-order valence-electron chi connectivity index (χ2n) is 2.84. The summed E-state index contributed by atoms with van der Waals surface area (Å²) < 4.78 is 10.3. The summed E-state index contributed by atoms with van der Waals surface area (Å²) in [4.78, 5) is 10.9. The number of ether oxygens (including phenoxy) is 2. The van der Waals surface area contributed by atoms with Crippen LogP contribution < -0.4 is 0 Å². The molecule has 0 amide bonds. The lowest BCUT2D eigenvalue weighted by molar-refractivity contribution is -0.177. The zero-order valence-corrected chi connectivity index (χ0v) is 7.21. The maximum absolute atomic E-state index is 10.9. The Bertz CT molecular complexity index is 155. The van der Waals surface area contributed by atoms with Crippen LogP contribution in [0.15, 0.2) is 0 Å². The zero-order chi connectivity index (χ0) is 9.03. The topological polar surface area (TPSA) is 55.8 Å². The first kappa shape index (κ1) is 9.48. The van der Waals surface area contributed by atoms with E-state index in [0.29, 0.717) is 32.7 Å². The third-order valence-electron chi connectivity index (χ3n) is 2.11. The van der Waals surface area contributed by atoms with Gasteiger partial charge < -0.3 is 14.6 Å². The fraction of sp³-hybridized carbons (Fsp3) is 0.875. The minimum absolute atomic E-state index is 0.437. The first-order chi connectivity index (χ1) is 5.71. The predicted molar refractivity (Wildman–Crippen MR) is 42.0 cm³/mol. The number of rotatable bonds is 3. The lowest BCUT2D eigenvalue weighted by Crippen LogP contribution is -2.46. The summed E-state index contributed by atoms with van der Waals surface area (Å²) >= 11 is 0. The lowest BCUT2D eigenvalue weighted by Gasteiger charge is -2.32. The second-order valence-corrected chi connectivity index (χ2v) is 2.84. The SMILES string of the molecule is CCOC1(C(=O)O)CCOCC1. The van der Waals surface area contributed by atoms with Crippen molar-refractivity contribution in [3.05, 3.63) is 0 Å². The standard InChI is InChI=1S/C8H14O4/c1-2-12-8(7(9)10)3-5-11-6-4-8/h2-6H2,1H3,(H,9,10). The van der Waals surface area contributed by atoms with Crippen LogP contribution in [0.25, 0.3) is 0 Å². The van der Waals surface area contributed by atoms with Gasteiger partial charge in [-0.3, -0.25) is 0 Å². The van der Waals surface area contributed by atoms with E-state index >= 15 is 0 Å². The average molecular weight is 174 g/mol. The molecule has 0 aromatic rings. The summed E-state index contributed by atoms with van der Waals surface area (Å²) in [6.45, 7) is 3.20. The van der Waals surface area contributed by atoms with Gasteiger partial charge in [-0.1, -0.05) is 0 Å². The highest BCUT2D eigenvalue weighted by Gasteiger charge is 2.40. The normalized spacial score (nSPS) is 22.1. The summed E-state index contributed by atoms with van der Waals surface area (Å²) in [6.07, 6.45) is 0.909. The van der Waals surface area contributed by atoms with Gasteiger partial charge in [0.1, 0.15) is 0 Å². The molecule has 70 valence electrons. The Labute approximate surface area is 71.5 Å². The zero-order valence-electron chi connectivity index (χ0n) is 7.21. The van der Waals surface area contributed by atoms with E-state index in [4.69, 9.17) is 14.6 Å². The third-order valence-corrected chi connectivity index (χ3v) is 2.11. The quantitative estimate of drug-likeness (QED) is 0.682. The van der Waals surface area contributed by atoms with Gasteiger partial charge >= 0.3 is 5.97 Å². The van der Waals surface area contributed by atoms with Crippen LogP contribution in [0.2, 0.25) is 0 Å². The molecule has 1 saturated heterocycles. The van der Waals surface area contributed by atoms with E-state index in [1.54, 1.807) is 6.92 Å². The molecule has 0 aliphatic carbocycles. The summed E-state index contributed by atoms with van der Waals surface area (Å²) in [6, 6.07) is 0. The van der Waals surface area contributed by atoms with Crippen molar-refractivity contribution in [1.82, 2.24) is 0 Å². The molecule has 0 radical (unpaired) electrons. The number of hydrogen-bond acceptors (Lipinski definition) is 3. The molecule has 1 rings (SSSR count). The number of aliphatic carboxylic acids is 1. The van der Waals surface area contributed by atoms with Gasteiger partial charge in [0.05, 0.1) is 0 Å². The van der Waals surface area contributed by atoms with E-state index in [2.05, 4.69) is 0 Å². The third kappa shape index (κ3) is 1.76. The largest absolute Gasteiger partial charge is 0.479 e. The Balaban J connectivity index is 2.63. The summed E-state index contributed by atoms with van der Waals surface area (Å²) in [7, 11) is 0. The molecule has 4 nitrogen and oxygen atoms in total. The highest BCUT2D eigenvalue weighted by Crippen LogP contribution is 2.25. The van der Waals surface area contributed by atoms with Gasteiger partial charge in [-0.25, -0.2) is 4.79 Å². The highest BCUT2D eigenvalue weighted by molar-refractivity contribution is 5.77. The molecular formula is C8H14O4. The molecule has 1 aliphatic heterocycles. The summed E-state index contributed by atoms with van der Waals surface area (Å²) in [5, 5.41) is 8.94. The molecule has 4 heteroatoms. The monoisotopic (exact) mass is 174 g/mol. The molecule has 0 unspecified atom stereocenters. The Kier molecular flexibility index (Phi) is 3.05. The van der Waals surface area contributed by atoms with E-state index in [0.717, 1.165) is 0 Å². The fourth-order valence-corrected chi connectivity index (χ4v) is 1.40. The Morgan fingerprint density at radius 3 is 2.58 bits per heavy atom. The van der Waals surface area contributed by atoms with E-state index in [9.17, 15) is 4.79 Å². The molecule has 0 atom stereocenters. The van der Waals surface area contributed by atoms with Gasteiger partial charge in [0, 0.05) is 32.7 Å². The first-order valence-corrected chi connectivity index (χ1v) is 4.16. The summed E-state index contributed by atoms with van der Waals surface area (Å²) in [5.41, 5.74) is -0.979. The lowest BCUT2D eigenvalue weighted by atomic mass is 9.94. The molecule has 0 saturated carbocycles. The van der Waals surface area contributed by atoms with Crippen molar-refractivity contribution in [1.29, 1.82) is 0 Å². The van der Waals surface area contributed by atoms with E-state index in [1.165, 1.54) is 0 Å². The van der Waals surface area contributed by atoms with Crippen molar-refractivity contribution < 1.29 is 19.4 Å². The van der Waals surface area contributed by atoms with E-state index < -0.39 is 11.6 Å². The van der Waals surface area contributed by atoms with Crippen LogP contribution in [-0.2, 0) is 14.3 Å². The Morgan fingerprint density at radius 1 is 1.58 bits per heavy atom. The first-order valence-electron chi connectivity index (χ1n) is 4.16. The minimum Gasteiger partial charge on any atom is -0.479 e. The van der Waals surface area contributed by atoms with Crippen molar-refractivity contribution in [3.8, 4) is 0 Å². The predicted octanol–water partition coefficient (Wildman–Crippen LogP) is 0.657. The van der Waals surface area contributed by atoms with Gasteiger partial charge in [0.2, 0.25) is 0 Å². The smallest absolute Gasteiger partial charge is 0.336 e. The van der Waals surface area contributed by atoms with Crippen LogP contribution in [0, 0.1) is 0 Å².